The molecule has 0 aliphatic heterocycles. The number of hydrogen-bond acceptors (Lipinski definition) is 8. The molecule has 2 N–H and O–H groups in total. The van der Waals surface area contributed by atoms with Crippen LogP contribution in [-0.4, -0.2) is 22.4 Å². The highest BCUT2D eigenvalue weighted by Crippen LogP contribution is 2.45. The lowest BCUT2D eigenvalue weighted by Gasteiger charge is -2.17. The van der Waals surface area contributed by atoms with E-state index in [4.69, 9.17) is 18.3 Å². The van der Waals surface area contributed by atoms with Gasteiger partial charge in [-0.25, -0.2) is 9.59 Å². The van der Waals surface area contributed by atoms with Gasteiger partial charge in [-0.2, -0.15) is 0 Å². The van der Waals surface area contributed by atoms with E-state index in [1.54, 1.807) is 27.7 Å². The second-order valence-corrected chi connectivity index (χ2v) is 7.07. The van der Waals surface area contributed by atoms with Crippen LogP contribution in [0.25, 0.3) is 32.7 Å². The van der Waals surface area contributed by atoms with E-state index in [2.05, 4.69) is 0 Å². The van der Waals surface area contributed by atoms with Gasteiger partial charge in [-0.3, -0.25) is 0 Å². The summed E-state index contributed by atoms with van der Waals surface area (Å²) in [4.78, 5) is 25.2. The number of phenols is 2. The summed E-state index contributed by atoms with van der Waals surface area (Å²) in [6, 6.07) is 2.42. The average molecular weight is 386 g/mol. The van der Waals surface area contributed by atoms with Crippen molar-refractivity contribution in [3.63, 3.8) is 0 Å². The van der Waals surface area contributed by atoms with Gasteiger partial charge in [0.1, 0.15) is 0 Å². The summed E-state index contributed by atoms with van der Waals surface area (Å²) in [5.74, 6) is -0.798. The highest BCUT2D eigenvalue weighted by molar-refractivity contribution is 6.22. The maximum absolute atomic E-state index is 12.6. The standard InChI is InChI=1S/C20H18O8/c1-7(2)25-15-11(21)5-9-13-14-10(19(23)27-17(13)15)6-12(22)16(26-8(3)4)18(14)28-20(9)24/h5-8,21-22H,1-4H3. The third kappa shape index (κ3) is 2.52. The van der Waals surface area contributed by atoms with E-state index in [0.717, 1.165) is 0 Å². The summed E-state index contributed by atoms with van der Waals surface area (Å²) < 4.78 is 22.0. The van der Waals surface area contributed by atoms with Crippen molar-refractivity contribution in [2.24, 2.45) is 0 Å². The van der Waals surface area contributed by atoms with Gasteiger partial charge < -0.3 is 28.5 Å². The Labute approximate surface area is 157 Å². The third-order valence-electron chi connectivity index (χ3n) is 4.22. The predicted molar refractivity (Wildman–Crippen MR) is 102 cm³/mol. The van der Waals surface area contributed by atoms with E-state index in [9.17, 15) is 19.8 Å². The zero-order chi connectivity index (χ0) is 20.3. The fourth-order valence-corrected chi connectivity index (χ4v) is 3.26. The van der Waals surface area contributed by atoms with Crippen LogP contribution in [0.1, 0.15) is 27.7 Å². The summed E-state index contributed by atoms with van der Waals surface area (Å²) in [5, 5.41) is 21.2. The molecule has 0 radical (unpaired) electrons. The van der Waals surface area contributed by atoms with E-state index in [1.807, 2.05) is 0 Å². The lowest BCUT2D eigenvalue weighted by molar-refractivity contribution is 0.230. The molecule has 0 spiro atoms. The number of phenolic OH excluding ortho intramolecular Hbond substituents is 2. The Bertz CT molecular complexity index is 1220. The first-order valence-corrected chi connectivity index (χ1v) is 8.77. The second kappa shape index (κ2) is 6.05. The van der Waals surface area contributed by atoms with Crippen LogP contribution in [0, 0.1) is 0 Å². The van der Waals surface area contributed by atoms with Crippen molar-refractivity contribution in [2.45, 2.75) is 39.9 Å². The monoisotopic (exact) mass is 386 g/mol. The van der Waals surface area contributed by atoms with Gasteiger partial charge in [0.25, 0.3) is 0 Å². The molecule has 2 aromatic heterocycles. The van der Waals surface area contributed by atoms with Crippen LogP contribution < -0.4 is 20.7 Å². The molecule has 0 saturated heterocycles. The summed E-state index contributed by atoms with van der Waals surface area (Å²) in [6.45, 7) is 6.99. The molecule has 0 fully saturated rings. The largest absolute Gasteiger partial charge is 0.504 e. The minimum absolute atomic E-state index is 0.0195. The minimum atomic E-state index is -0.779. The molecule has 0 amide bonds. The topological polar surface area (TPSA) is 119 Å². The quantitative estimate of drug-likeness (QED) is 0.404. The van der Waals surface area contributed by atoms with Crippen LogP contribution >= 0.6 is 0 Å². The van der Waals surface area contributed by atoms with Crippen molar-refractivity contribution < 1.29 is 28.5 Å². The van der Waals surface area contributed by atoms with Gasteiger partial charge >= 0.3 is 11.3 Å². The second-order valence-electron chi connectivity index (χ2n) is 7.07. The van der Waals surface area contributed by atoms with Crippen LogP contribution in [0.2, 0.25) is 0 Å². The summed E-state index contributed by atoms with van der Waals surface area (Å²) >= 11 is 0. The summed E-state index contributed by atoms with van der Waals surface area (Å²) in [6.07, 6.45) is -0.648. The highest BCUT2D eigenvalue weighted by atomic mass is 16.5. The molecule has 8 nitrogen and oxygen atoms in total. The zero-order valence-electron chi connectivity index (χ0n) is 15.7. The molecule has 0 aliphatic rings. The van der Waals surface area contributed by atoms with Crippen LogP contribution in [0.15, 0.2) is 30.6 Å². The maximum Gasteiger partial charge on any atom is 0.344 e. The van der Waals surface area contributed by atoms with Crippen molar-refractivity contribution in [2.75, 3.05) is 0 Å². The predicted octanol–water partition coefficient (Wildman–Crippen LogP) is 3.48. The van der Waals surface area contributed by atoms with Gasteiger partial charge in [-0.05, 0) is 39.8 Å². The number of benzene rings is 2. The van der Waals surface area contributed by atoms with E-state index < -0.39 is 11.3 Å². The Morgan fingerprint density at radius 3 is 1.43 bits per heavy atom. The third-order valence-corrected chi connectivity index (χ3v) is 4.22. The first kappa shape index (κ1) is 18.0. The van der Waals surface area contributed by atoms with Gasteiger partial charge in [0.2, 0.25) is 11.5 Å². The molecule has 0 aliphatic carbocycles. The average Bonchev–Trinajstić information content (AvgIpc) is 2.59. The molecule has 4 rings (SSSR count). The molecule has 0 unspecified atom stereocenters. The number of hydrogen-bond donors (Lipinski definition) is 2. The van der Waals surface area contributed by atoms with E-state index in [1.165, 1.54) is 12.1 Å². The number of ether oxygens (including phenoxy) is 2. The first-order valence-electron chi connectivity index (χ1n) is 8.77. The molecule has 146 valence electrons. The Hall–Kier alpha value is -3.42. The van der Waals surface area contributed by atoms with Crippen LogP contribution in [0.5, 0.6) is 23.0 Å². The molecule has 0 atom stereocenters. The van der Waals surface area contributed by atoms with Crippen LogP contribution in [0.3, 0.4) is 0 Å². The van der Waals surface area contributed by atoms with Crippen molar-refractivity contribution >= 4 is 32.7 Å². The van der Waals surface area contributed by atoms with Crippen molar-refractivity contribution in [1.29, 1.82) is 0 Å². The molecular weight excluding hydrogens is 368 g/mol. The van der Waals surface area contributed by atoms with Crippen LogP contribution in [-0.2, 0) is 0 Å². The van der Waals surface area contributed by atoms with Crippen LogP contribution in [0.4, 0.5) is 0 Å². The van der Waals surface area contributed by atoms with Gasteiger partial charge in [0.05, 0.1) is 23.0 Å². The number of aromatic hydroxyl groups is 2. The SMILES string of the molecule is CC(C)Oc1c(O)cc2c(=O)oc3c(OC(C)C)c(O)cc4c(=O)oc1c2c34. The van der Waals surface area contributed by atoms with Crippen molar-refractivity contribution in [3.8, 4) is 23.0 Å². The molecule has 8 heteroatoms. The molecule has 0 bridgehead atoms. The fraction of sp³-hybridized carbons (Fsp3) is 0.300. The van der Waals surface area contributed by atoms with E-state index in [0.29, 0.717) is 0 Å². The Morgan fingerprint density at radius 2 is 1.11 bits per heavy atom. The van der Waals surface area contributed by atoms with Crippen molar-refractivity contribution in [3.05, 3.63) is 33.0 Å². The molecule has 4 aromatic rings. The van der Waals surface area contributed by atoms with E-state index >= 15 is 0 Å². The summed E-state index contributed by atoms with van der Waals surface area (Å²) in [5.41, 5.74) is -1.70. The Kier molecular flexibility index (Phi) is 3.88. The lowest BCUT2D eigenvalue weighted by Crippen LogP contribution is -2.12. The molecule has 2 aromatic carbocycles. The van der Waals surface area contributed by atoms with Gasteiger partial charge in [-0.15, -0.1) is 0 Å². The maximum atomic E-state index is 12.6. The molecule has 2 heterocycles. The molecular formula is C20H18O8. The van der Waals surface area contributed by atoms with Gasteiger partial charge in [0, 0.05) is 10.8 Å². The lowest BCUT2D eigenvalue weighted by atomic mass is 10.0. The first-order chi connectivity index (χ1) is 13.2. The minimum Gasteiger partial charge on any atom is -0.504 e. The Morgan fingerprint density at radius 1 is 0.750 bits per heavy atom. The summed E-state index contributed by atoms with van der Waals surface area (Å²) in [7, 11) is 0. The normalized spacial score (nSPS) is 12.1. The van der Waals surface area contributed by atoms with Crippen molar-refractivity contribution in [1.82, 2.24) is 0 Å². The zero-order valence-corrected chi connectivity index (χ0v) is 15.7. The highest BCUT2D eigenvalue weighted by Gasteiger charge is 2.27. The van der Waals surface area contributed by atoms with Gasteiger partial charge in [-0.1, -0.05) is 0 Å². The Balaban J connectivity index is 2.30. The van der Waals surface area contributed by atoms with E-state index in [-0.39, 0.29) is 67.9 Å². The molecule has 0 saturated carbocycles. The molecule has 28 heavy (non-hydrogen) atoms. The van der Waals surface area contributed by atoms with Gasteiger partial charge in [0.15, 0.2) is 22.7 Å². The fourth-order valence-electron chi connectivity index (χ4n) is 3.26. The number of rotatable bonds is 4. The smallest absolute Gasteiger partial charge is 0.344 e.